The number of hydrogen-bond donors (Lipinski definition) is 2. The van der Waals surface area contributed by atoms with Crippen LogP contribution in [0.3, 0.4) is 0 Å². The lowest BCUT2D eigenvalue weighted by atomic mass is 10.1. The number of carboxylic acids is 1. The van der Waals surface area contributed by atoms with Gasteiger partial charge in [-0.1, -0.05) is 0 Å². The number of aromatic nitrogens is 2. The van der Waals surface area contributed by atoms with Crippen molar-refractivity contribution in [1.29, 1.82) is 0 Å². The zero-order valence-electron chi connectivity index (χ0n) is 10.3. The maximum Gasteiger partial charge on any atom is 0.335 e. The predicted molar refractivity (Wildman–Crippen MR) is 67.8 cm³/mol. The molecule has 2 aromatic rings. The maximum absolute atomic E-state index is 12.1. The predicted octanol–water partition coefficient (Wildman–Crippen LogP) is 1.38. The third-order valence-corrected chi connectivity index (χ3v) is 2.70. The summed E-state index contributed by atoms with van der Waals surface area (Å²) in [6.07, 6.45) is 3.37. The van der Waals surface area contributed by atoms with Gasteiger partial charge in [-0.3, -0.25) is 9.89 Å². The van der Waals surface area contributed by atoms with Gasteiger partial charge in [-0.2, -0.15) is 5.10 Å². The van der Waals surface area contributed by atoms with Gasteiger partial charge in [-0.15, -0.1) is 0 Å². The summed E-state index contributed by atoms with van der Waals surface area (Å²) in [6, 6.07) is 5.86. The van der Waals surface area contributed by atoms with Gasteiger partial charge in [-0.25, -0.2) is 4.79 Å². The Balaban J connectivity index is 2.08. The number of aromatic amines is 1. The lowest BCUT2D eigenvalue weighted by molar-refractivity contribution is 0.0695. The van der Waals surface area contributed by atoms with Crippen LogP contribution >= 0.6 is 0 Å². The van der Waals surface area contributed by atoms with Gasteiger partial charge in [0.25, 0.3) is 5.91 Å². The zero-order chi connectivity index (χ0) is 13.8. The number of amides is 1. The van der Waals surface area contributed by atoms with Gasteiger partial charge in [0.05, 0.1) is 11.8 Å². The van der Waals surface area contributed by atoms with Crippen LogP contribution in [0.2, 0.25) is 0 Å². The quantitative estimate of drug-likeness (QED) is 0.868. The van der Waals surface area contributed by atoms with Crippen molar-refractivity contribution in [2.75, 3.05) is 7.05 Å². The van der Waals surface area contributed by atoms with E-state index in [0.717, 1.165) is 5.56 Å². The van der Waals surface area contributed by atoms with E-state index in [1.807, 2.05) is 0 Å². The second kappa shape index (κ2) is 5.34. The van der Waals surface area contributed by atoms with Gasteiger partial charge in [0, 0.05) is 30.9 Å². The molecule has 0 saturated carbocycles. The molecule has 0 aliphatic rings. The number of hydrogen-bond acceptors (Lipinski definition) is 3. The highest BCUT2D eigenvalue weighted by Gasteiger charge is 2.13. The zero-order valence-corrected chi connectivity index (χ0v) is 10.3. The van der Waals surface area contributed by atoms with Crippen molar-refractivity contribution in [1.82, 2.24) is 15.1 Å². The summed E-state index contributed by atoms with van der Waals surface area (Å²) >= 11 is 0. The van der Waals surface area contributed by atoms with Crippen LogP contribution in [0, 0.1) is 0 Å². The maximum atomic E-state index is 12.1. The van der Waals surface area contributed by atoms with Crippen molar-refractivity contribution in [2.45, 2.75) is 6.54 Å². The Kier molecular flexibility index (Phi) is 3.61. The largest absolute Gasteiger partial charge is 0.478 e. The smallest absolute Gasteiger partial charge is 0.335 e. The highest BCUT2D eigenvalue weighted by molar-refractivity contribution is 5.95. The average molecular weight is 259 g/mol. The first-order valence-electron chi connectivity index (χ1n) is 5.64. The minimum Gasteiger partial charge on any atom is -0.478 e. The molecule has 0 fully saturated rings. The summed E-state index contributed by atoms with van der Waals surface area (Å²) in [5.74, 6) is -1.18. The molecule has 0 unspecified atom stereocenters. The Morgan fingerprint density at radius 3 is 2.42 bits per heavy atom. The van der Waals surface area contributed by atoms with Gasteiger partial charge in [0.2, 0.25) is 0 Å². The number of benzene rings is 1. The van der Waals surface area contributed by atoms with Gasteiger partial charge >= 0.3 is 5.97 Å². The first kappa shape index (κ1) is 12.8. The Labute approximate surface area is 109 Å². The van der Waals surface area contributed by atoms with E-state index in [4.69, 9.17) is 5.11 Å². The van der Waals surface area contributed by atoms with Crippen molar-refractivity contribution in [3.05, 3.63) is 53.3 Å². The molecule has 0 saturated heterocycles. The molecule has 0 atom stereocenters. The van der Waals surface area contributed by atoms with E-state index in [1.54, 1.807) is 24.3 Å². The summed E-state index contributed by atoms with van der Waals surface area (Å²) in [5.41, 5.74) is 1.52. The average Bonchev–Trinajstić information content (AvgIpc) is 2.90. The lowest BCUT2D eigenvalue weighted by Gasteiger charge is -2.16. The van der Waals surface area contributed by atoms with Crippen molar-refractivity contribution in [3.8, 4) is 0 Å². The molecule has 1 amide bonds. The Bertz CT molecular complexity index is 576. The van der Waals surface area contributed by atoms with Gasteiger partial charge in [0.1, 0.15) is 0 Å². The van der Waals surface area contributed by atoms with Gasteiger partial charge in [0.15, 0.2) is 0 Å². The lowest BCUT2D eigenvalue weighted by Crippen LogP contribution is -2.26. The van der Waals surface area contributed by atoms with E-state index < -0.39 is 5.97 Å². The fourth-order valence-electron chi connectivity index (χ4n) is 1.69. The third-order valence-electron chi connectivity index (χ3n) is 2.70. The van der Waals surface area contributed by atoms with Crippen LogP contribution in [0.25, 0.3) is 0 Å². The minimum atomic E-state index is -1.01. The SMILES string of the molecule is CN(Cc1cn[nH]c1)C(=O)c1ccc(C(=O)O)cc1. The molecule has 0 radical (unpaired) electrons. The number of H-pyrrole nitrogens is 1. The molecule has 1 aromatic carbocycles. The van der Waals surface area contributed by atoms with E-state index in [9.17, 15) is 9.59 Å². The molecule has 6 heteroatoms. The number of nitrogens with zero attached hydrogens (tertiary/aromatic N) is 2. The summed E-state index contributed by atoms with van der Waals surface area (Å²) in [5, 5.41) is 15.3. The normalized spacial score (nSPS) is 10.2. The summed E-state index contributed by atoms with van der Waals surface area (Å²) < 4.78 is 0. The van der Waals surface area contributed by atoms with Crippen LogP contribution in [-0.2, 0) is 6.54 Å². The molecule has 98 valence electrons. The number of carbonyl (C=O) groups excluding carboxylic acids is 1. The van der Waals surface area contributed by atoms with E-state index in [2.05, 4.69) is 10.2 Å². The van der Waals surface area contributed by atoms with Crippen LogP contribution in [0.15, 0.2) is 36.7 Å². The molecule has 6 nitrogen and oxygen atoms in total. The summed E-state index contributed by atoms with van der Waals surface area (Å²) in [7, 11) is 1.68. The van der Waals surface area contributed by atoms with E-state index >= 15 is 0 Å². The Hall–Kier alpha value is -2.63. The van der Waals surface area contributed by atoms with Crippen LogP contribution in [0.5, 0.6) is 0 Å². The molecular weight excluding hydrogens is 246 g/mol. The number of rotatable bonds is 4. The topological polar surface area (TPSA) is 86.3 Å². The molecule has 1 aromatic heterocycles. The van der Waals surface area contributed by atoms with Crippen molar-refractivity contribution < 1.29 is 14.7 Å². The molecule has 0 aliphatic carbocycles. The van der Waals surface area contributed by atoms with E-state index in [-0.39, 0.29) is 11.5 Å². The first-order valence-corrected chi connectivity index (χ1v) is 5.64. The number of carboxylic acid groups (broad SMARTS) is 1. The highest BCUT2D eigenvalue weighted by Crippen LogP contribution is 2.09. The highest BCUT2D eigenvalue weighted by atomic mass is 16.4. The molecule has 19 heavy (non-hydrogen) atoms. The third kappa shape index (κ3) is 2.98. The fraction of sp³-hybridized carbons (Fsp3) is 0.154. The first-order chi connectivity index (χ1) is 9.08. The molecular formula is C13H13N3O3. The van der Waals surface area contributed by atoms with Crippen molar-refractivity contribution >= 4 is 11.9 Å². The monoisotopic (exact) mass is 259 g/mol. The van der Waals surface area contributed by atoms with Gasteiger partial charge < -0.3 is 10.0 Å². The van der Waals surface area contributed by atoms with Crippen LogP contribution in [-0.4, -0.2) is 39.1 Å². The number of aromatic carboxylic acids is 1. The second-order valence-electron chi connectivity index (χ2n) is 4.15. The van der Waals surface area contributed by atoms with Crippen LogP contribution in [0.4, 0.5) is 0 Å². The molecule has 1 heterocycles. The van der Waals surface area contributed by atoms with Crippen LogP contribution < -0.4 is 0 Å². The van der Waals surface area contributed by atoms with Crippen molar-refractivity contribution in [2.24, 2.45) is 0 Å². The number of carbonyl (C=O) groups is 2. The molecule has 0 spiro atoms. The van der Waals surface area contributed by atoms with E-state index in [0.29, 0.717) is 12.1 Å². The Morgan fingerprint density at radius 1 is 1.26 bits per heavy atom. The van der Waals surface area contributed by atoms with Gasteiger partial charge in [-0.05, 0) is 24.3 Å². The number of nitrogens with one attached hydrogen (secondary N) is 1. The van der Waals surface area contributed by atoms with E-state index in [1.165, 1.54) is 24.3 Å². The van der Waals surface area contributed by atoms with Crippen molar-refractivity contribution in [3.63, 3.8) is 0 Å². The molecule has 2 rings (SSSR count). The molecule has 0 aliphatic heterocycles. The fourth-order valence-corrected chi connectivity index (χ4v) is 1.69. The molecule has 2 N–H and O–H groups in total. The summed E-state index contributed by atoms with van der Waals surface area (Å²) in [6.45, 7) is 0.440. The summed E-state index contributed by atoms with van der Waals surface area (Å²) in [4.78, 5) is 24.4. The second-order valence-corrected chi connectivity index (χ2v) is 4.15. The Morgan fingerprint density at radius 2 is 1.89 bits per heavy atom. The van der Waals surface area contributed by atoms with Crippen LogP contribution in [0.1, 0.15) is 26.3 Å². The standard InChI is InChI=1S/C13H13N3O3/c1-16(8-9-6-14-15-7-9)12(17)10-2-4-11(5-3-10)13(18)19/h2-7H,8H2,1H3,(H,14,15)(H,18,19). The minimum absolute atomic E-state index is 0.161. The molecule has 0 bridgehead atoms.